The largest absolute Gasteiger partial charge is 0.493 e. The third kappa shape index (κ3) is 7.86. The van der Waals surface area contributed by atoms with Crippen molar-refractivity contribution in [3.05, 3.63) is 129 Å². The van der Waals surface area contributed by atoms with Gasteiger partial charge in [-0.1, -0.05) is 53.5 Å². The zero-order chi connectivity index (χ0) is 31.6. The molecular formula is C34H28Cl2N2O6. The minimum Gasteiger partial charge on any atom is -0.493 e. The van der Waals surface area contributed by atoms with Gasteiger partial charge in [-0.3, -0.25) is 14.4 Å². The van der Waals surface area contributed by atoms with Gasteiger partial charge in [-0.15, -0.1) is 0 Å². The number of anilines is 1. The highest BCUT2D eigenvalue weighted by Crippen LogP contribution is 2.38. The maximum absolute atomic E-state index is 13.3. The van der Waals surface area contributed by atoms with E-state index in [-0.39, 0.29) is 11.5 Å². The third-order valence-electron chi connectivity index (χ3n) is 6.36. The van der Waals surface area contributed by atoms with E-state index in [1.165, 1.54) is 33.5 Å². The molecule has 224 valence electrons. The van der Waals surface area contributed by atoms with Crippen molar-refractivity contribution in [2.75, 3.05) is 26.6 Å². The predicted molar refractivity (Wildman–Crippen MR) is 173 cm³/mol. The van der Waals surface area contributed by atoms with Gasteiger partial charge in [0.1, 0.15) is 5.70 Å². The van der Waals surface area contributed by atoms with Gasteiger partial charge in [-0.25, -0.2) is 0 Å². The molecule has 0 atom stereocenters. The molecule has 0 aliphatic carbocycles. The first kappa shape index (κ1) is 31.9. The molecule has 4 rings (SSSR count). The first-order chi connectivity index (χ1) is 21.2. The van der Waals surface area contributed by atoms with Crippen LogP contribution < -0.4 is 24.8 Å². The number of ketones is 1. The first-order valence-electron chi connectivity index (χ1n) is 13.2. The van der Waals surface area contributed by atoms with Gasteiger partial charge in [-0.05, 0) is 78.4 Å². The van der Waals surface area contributed by atoms with Crippen LogP contribution in [0.25, 0.3) is 12.2 Å². The Morgan fingerprint density at radius 1 is 0.727 bits per heavy atom. The summed E-state index contributed by atoms with van der Waals surface area (Å²) in [6.45, 7) is 0. The number of benzene rings is 4. The standard InChI is InChI=1S/C34H28Cl2N2O6/c1-42-30-18-21(19-31(43-2)32(30)44-3)12-17-29(39)22-13-15-24(16-14-22)37-34(41)28(20-25-26(35)10-7-11-27(25)36)38-33(40)23-8-5-4-6-9-23/h4-20H,1-3H3,(H,37,41)(H,38,40)/b17-12+,28-20-. The molecule has 0 aromatic heterocycles. The Hall–Kier alpha value is -5.05. The van der Waals surface area contributed by atoms with E-state index in [0.29, 0.717) is 55.2 Å². The molecule has 0 spiro atoms. The Morgan fingerprint density at radius 3 is 1.91 bits per heavy atom. The quantitative estimate of drug-likeness (QED) is 0.133. The van der Waals surface area contributed by atoms with Crippen LogP contribution in [-0.2, 0) is 4.79 Å². The average molecular weight is 632 g/mol. The van der Waals surface area contributed by atoms with E-state index in [2.05, 4.69) is 10.6 Å². The van der Waals surface area contributed by atoms with Crippen LogP contribution in [-0.4, -0.2) is 38.9 Å². The van der Waals surface area contributed by atoms with Gasteiger partial charge in [0.25, 0.3) is 11.8 Å². The summed E-state index contributed by atoms with van der Waals surface area (Å²) in [5.74, 6) is -0.000452. The molecule has 2 amide bonds. The van der Waals surface area contributed by atoms with Gasteiger partial charge < -0.3 is 24.8 Å². The summed E-state index contributed by atoms with van der Waals surface area (Å²) in [4.78, 5) is 39.1. The van der Waals surface area contributed by atoms with E-state index in [0.717, 1.165) is 0 Å². The molecule has 10 heteroatoms. The molecule has 4 aromatic carbocycles. The van der Waals surface area contributed by atoms with Crippen molar-refractivity contribution in [3.63, 3.8) is 0 Å². The molecule has 2 N–H and O–H groups in total. The maximum Gasteiger partial charge on any atom is 0.272 e. The van der Waals surface area contributed by atoms with E-state index in [9.17, 15) is 14.4 Å². The minimum absolute atomic E-state index is 0.0812. The average Bonchev–Trinajstić information content (AvgIpc) is 3.04. The van der Waals surface area contributed by atoms with Crippen LogP contribution in [0.1, 0.15) is 31.8 Å². The number of hydrogen-bond donors (Lipinski definition) is 2. The summed E-state index contributed by atoms with van der Waals surface area (Å²) >= 11 is 12.6. The lowest BCUT2D eigenvalue weighted by Gasteiger charge is -2.13. The van der Waals surface area contributed by atoms with Crippen LogP contribution in [0.4, 0.5) is 5.69 Å². The van der Waals surface area contributed by atoms with Crippen LogP contribution >= 0.6 is 23.2 Å². The topological polar surface area (TPSA) is 103 Å². The fourth-order valence-corrected chi connectivity index (χ4v) is 4.62. The number of halogens is 2. The second-order valence-electron chi connectivity index (χ2n) is 9.20. The molecule has 44 heavy (non-hydrogen) atoms. The summed E-state index contributed by atoms with van der Waals surface area (Å²) in [6, 6.07) is 23.1. The normalized spacial score (nSPS) is 11.2. The number of rotatable bonds is 11. The second kappa shape index (κ2) is 14.9. The van der Waals surface area contributed by atoms with Crippen molar-refractivity contribution in [2.45, 2.75) is 0 Å². The van der Waals surface area contributed by atoms with Crippen LogP contribution in [0.5, 0.6) is 17.2 Å². The summed E-state index contributed by atoms with van der Waals surface area (Å²) < 4.78 is 16.1. The van der Waals surface area contributed by atoms with Gasteiger partial charge in [0.05, 0.1) is 21.3 Å². The number of amides is 2. The highest BCUT2D eigenvalue weighted by molar-refractivity contribution is 6.37. The van der Waals surface area contributed by atoms with Crippen molar-refractivity contribution in [3.8, 4) is 17.2 Å². The molecule has 0 heterocycles. The van der Waals surface area contributed by atoms with Gasteiger partial charge >= 0.3 is 0 Å². The number of methoxy groups -OCH3 is 3. The van der Waals surface area contributed by atoms with Crippen molar-refractivity contribution in [1.82, 2.24) is 5.32 Å². The van der Waals surface area contributed by atoms with Crippen molar-refractivity contribution >= 4 is 58.6 Å². The van der Waals surface area contributed by atoms with Crippen molar-refractivity contribution in [2.24, 2.45) is 0 Å². The third-order valence-corrected chi connectivity index (χ3v) is 7.02. The van der Waals surface area contributed by atoms with Crippen molar-refractivity contribution in [1.29, 1.82) is 0 Å². The number of nitrogens with one attached hydrogen (secondary N) is 2. The molecule has 0 bridgehead atoms. The van der Waals surface area contributed by atoms with Gasteiger partial charge in [-0.2, -0.15) is 0 Å². The van der Waals surface area contributed by atoms with E-state index >= 15 is 0 Å². The number of carbonyl (C=O) groups excluding carboxylic acids is 3. The Balaban J connectivity index is 1.52. The summed E-state index contributed by atoms with van der Waals surface area (Å²) in [5.41, 5.74) is 2.11. The molecule has 0 unspecified atom stereocenters. The molecule has 0 radical (unpaired) electrons. The zero-order valence-corrected chi connectivity index (χ0v) is 25.5. The Morgan fingerprint density at radius 2 is 1.34 bits per heavy atom. The highest BCUT2D eigenvalue weighted by Gasteiger charge is 2.17. The van der Waals surface area contributed by atoms with Crippen LogP contribution in [0.15, 0.2) is 96.7 Å². The summed E-state index contributed by atoms with van der Waals surface area (Å²) in [5, 5.41) is 6.00. The Labute approximate surface area is 264 Å². The maximum atomic E-state index is 13.3. The molecule has 0 aliphatic heterocycles. The van der Waals surface area contributed by atoms with Crippen LogP contribution in [0.2, 0.25) is 10.0 Å². The molecule has 4 aromatic rings. The molecule has 0 saturated carbocycles. The lowest BCUT2D eigenvalue weighted by molar-refractivity contribution is -0.113. The van der Waals surface area contributed by atoms with Gasteiger partial charge in [0, 0.05) is 32.4 Å². The Kier molecular flexibility index (Phi) is 10.8. The smallest absolute Gasteiger partial charge is 0.272 e. The molecule has 0 fully saturated rings. The zero-order valence-electron chi connectivity index (χ0n) is 24.0. The SMILES string of the molecule is COc1cc(/C=C/C(=O)c2ccc(NC(=O)/C(=C/c3c(Cl)cccc3Cl)NC(=O)c3ccccc3)cc2)cc(OC)c1OC. The first-order valence-corrected chi connectivity index (χ1v) is 14.0. The lowest BCUT2D eigenvalue weighted by atomic mass is 10.1. The van der Waals surface area contributed by atoms with Crippen LogP contribution in [0, 0.1) is 0 Å². The number of carbonyl (C=O) groups is 3. The molecule has 0 saturated heterocycles. The van der Waals surface area contributed by atoms with E-state index in [1.54, 1.807) is 91.0 Å². The van der Waals surface area contributed by atoms with Gasteiger partial charge in [0.15, 0.2) is 17.3 Å². The molecule has 8 nitrogen and oxygen atoms in total. The molecular weight excluding hydrogens is 603 g/mol. The number of ether oxygens (including phenoxy) is 3. The second-order valence-corrected chi connectivity index (χ2v) is 10.0. The number of allylic oxidation sites excluding steroid dienone is 1. The lowest BCUT2D eigenvalue weighted by Crippen LogP contribution is -2.30. The van der Waals surface area contributed by atoms with Gasteiger partial charge in [0.2, 0.25) is 5.75 Å². The van der Waals surface area contributed by atoms with Crippen LogP contribution in [0.3, 0.4) is 0 Å². The fraction of sp³-hybridized carbons (Fsp3) is 0.0882. The Bertz CT molecular complexity index is 1690. The number of hydrogen-bond acceptors (Lipinski definition) is 6. The molecule has 0 aliphatic rings. The predicted octanol–water partition coefficient (Wildman–Crippen LogP) is 7.32. The van der Waals surface area contributed by atoms with Crippen molar-refractivity contribution < 1.29 is 28.6 Å². The fourth-order valence-electron chi connectivity index (χ4n) is 4.12. The minimum atomic E-state index is -0.619. The van der Waals surface area contributed by atoms with E-state index in [1.807, 2.05) is 0 Å². The van der Waals surface area contributed by atoms with E-state index < -0.39 is 11.8 Å². The van der Waals surface area contributed by atoms with E-state index in [4.69, 9.17) is 37.4 Å². The summed E-state index contributed by atoms with van der Waals surface area (Å²) in [6.07, 6.45) is 4.46. The summed E-state index contributed by atoms with van der Waals surface area (Å²) in [7, 11) is 4.54. The highest BCUT2D eigenvalue weighted by atomic mass is 35.5. The monoisotopic (exact) mass is 630 g/mol.